The first-order valence-corrected chi connectivity index (χ1v) is 8.67. The molecule has 0 atom stereocenters. The van der Waals surface area contributed by atoms with Crippen LogP contribution in [0, 0.1) is 17.0 Å². The molecule has 7 heteroatoms. The molecule has 0 spiro atoms. The summed E-state index contributed by atoms with van der Waals surface area (Å²) < 4.78 is 0. The lowest BCUT2D eigenvalue weighted by Crippen LogP contribution is -3.12. The number of nitrogens with one attached hydrogen (secondary N) is 2. The summed E-state index contributed by atoms with van der Waals surface area (Å²) in [7, 11) is 2.20. The lowest BCUT2D eigenvalue weighted by atomic mass is 10.1. The Hall–Kier alpha value is -2.93. The molecule has 2 aromatic carbocycles. The van der Waals surface area contributed by atoms with Crippen molar-refractivity contribution in [3.63, 3.8) is 0 Å². The second-order valence-corrected chi connectivity index (χ2v) is 6.70. The van der Waals surface area contributed by atoms with Crippen molar-refractivity contribution in [1.82, 2.24) is 0 Å². The molecule has 1 saturated heterocycles. The zero-order valence-corrected chi connectivity index (χ0v) is 15.0. The van der Waals surface area contributed by atoms with Gasteiger partial charge in [-0.05, 0) is 37.3 Å². The summed E-state index contributed by atoms with van der Waals surface area (Å²) in [5, 5.41) is 13.8. The van der Waals surface area contributed by atoms with Gasteiger partial charge in [-0.1, -0.05) is 6.07 Å². The van der Waals surface area contributed by atoms with E-state index >= 15 is 0 Å². The molecule has 0 unspecified atom stereocenters. The van der Waals surface area contributed by atoms with E-state index in [2.05, 4.69) is 17.3 Å². The topological polar surface area (TPSA) is 79.9 Å². The van der Waals surface area contributed by atoms with Crippen molar-refractivity contribution < 1.29 is 14.6 Å². The zero-order chi connectivity index (χ0) is 18.7. The van der Waals surface area contributed by atoms with Crippen molar-refractivity contribution in [2.24, 2.45) is 0 Å². The molecule has 1 amide bonds. The molecular formula is C19H23N4O3+. The monoisotopic (exact) mass is 355 g/mol. The fourth-order valence-electron chi connectivity index (χ4n) is 3.05. The summed E-state index contributed by atoms with van der Waals surface area (Å²) in [6.45, 7) is 5.92. The van der Waals surface area contributed by atoms with Gasteiger partial charge in [0.15, 0.2) is 0 Å². The number of aryl methyl sites for hydroxylation is 1. The summed E-state index contributed by atoms with van der Waals surface area (Å²) in [6.07, 6.45) is 0. The van der Waals surface area contributed by atoms with Crippen molar-refractivity contribution in [2.75, 3.05) is 43.4 Å². The molecule has 2 N–H and O–H groups in total. The SMILES string of the molecule is Cc1ccc(C(=O)Nc2ccc(N3CC[NH+](C)CC3)cc2)cc1[N+](=O)[O-]. The minimum atomic E-state index is -0.474. The van der Waals surface area contributed by atoms with E-state index < -0.39 is 4.92 Å². The number of quaternary nitrogens is 1. The van der Waals surface area contributed by atoms with E-state index in [0.29, 0.717) is 11.3 Å². The van der Waals surface area contributed by atoms with Crippen LogP contribution in [0.2, 0.25) is 0 Å². The fourth-order valence-corrected chi connectivity index (χ4v) is 3.05. The number of hydrogen-bond acceptors (Lipinski definition) is 4. The van der Waals surface area contributed by atoms with E-state index in [1.165, 1.54) is 11.0 Å². The van der Waals surface area contributed by atoms with Crippen LogP contribution in [0.15, 0.2) is 42.5 Å². The molecule has 1 aliphatic heterocycles. The van der Waals surface area contributed by atoms with Crippen molar-refractivity contribution in [2.45, 2.75) is 6.92 Å². The van der Waals surface area contributed by atoms with Crippen LogP contribution in [0.25, 0.3) is 0 Å². The Kier molecular flexibility index (Phi) is 5.18. The van der Waals surface area contributed by atoms with Crippen LogP contribution in [-0.4, -0.2) is 44.1 Å². The highest BCUT2D eigenvalue weighted by Gasteiger charge is 2.17. The van der Waals surface area contributed by atoms with Crippen molar-refractivity contribution in [3.05, 3.63) is 63.7 Å². The van der Waals surface area contributed by atoms with Crippen LogP contribution in [0.3, 0.4) is 0 Å². The van der Waals surface area contributed by atoms with E-state index in [1.807, 2.05) is 24.3 Å². The van der Waals surface area contributed by atoms with E-state index in [0.717, 1.165) is 31.9 Å². The molecule has 0 radical (unpaired) electrons. The number of rotatable bonds is 4. The van der Waals surface area contributed by atoms with Crippen molar-refractivity contribution >= 4 is 23.0 Å². The predicted octanol–water partition coefficient (Wildman–Crippen LogP) is 1.49. The highest BCUT2D eigenvalue weighted by atomic mass is 16.6. The van der Waals surface area contributed by atoms with Gasteiger partial charge < -0.3 is 15.1 Å². The smallest absolute Gasteiger partial charge is 0.273 e. The van der Waals surface area contributed by atoms with Gasteiger partial charge in [0.2, 0.25) is 0 Å². The zero-order valence-electron chi connectivity index (χ0n) is 15.0. The Morgan fingerprint density at radius 2 is 1.81 bits per heavy atom. The van der Waals surface area contributed by atoms with Crippen LogP contribution in [0.5, 0.6) is 0 Å². The van der Waals surface area contributed by atoms with Gasteiger partial charge >= 0.3 is 0 Å². The Bertz CT molecular complexity index is 812. The van der Waals surface area contributed by atoms with Gasteiger partial charge in [0.25, 0.3) is 11.6 Å². The van der Waals surface area contributed by atoms with Gasteiger partial charge in [-0.15, -0.1) is 0 Å². The van der Waals surface area contributed by atoms with Gasteiger partial charge in [-0.25, -0.2) is 0 Å². The summed E-state index contributed by atoms with van der Waals surface area (Å²) >= 11 is 0. The van der Waals surface area contributed by atoms with Gasteiger partial charge in [0, 0.05) is 28.6 Å². The average molecular weight is 355 g/mol. The van der Waals surface area contributed by atoms with Gasteiger partial charge in [0.05, 0.1) is 38.2 Å². The Morgan fingerprint density at radius 1 is 1.15 bits per heavy atom. The molecular weight excluding hydrogens is 332 g/mol. The quantitative estimate of drug-likeness (QED) is 0.643. The second-order valence-electron chi connectivity index (χ2n) is 6.70. The van der Waals surface area contributed by atoms with E-state index in [-0.39, 0.29) is 17.2 Å². The highest BCUT2D eigenvalue weighted by molar-refractivity contribution is 6.04. The largest absolute Gasteiger partial charge is 0.360 e. The molecule has 136 valence electrons. The number of nitro groups is 1. The van der Waals surface area contributed by atoms with Crippen LogP contribution < -0.4 is 15.1 Å². The predicted molar refractivity (Wildman–Crippen MR) is 101 cm³/mol. The number of carbonyl (C=O) groups excluding carboxylic acids is 1. The average Bonchev–Trinajstić information content (AvgIpc) is 2.63. The van der Waals surface area contributed by atoms with Gasteiger partial charge in [-0.2, -0.15) is 0 Å². The Balaban J connectivity index is 1.68. The van der Waals surface area contributed by atoms with E-state index in [1.54, 1.807) is 19.1 Å². The summed E-state index contributed by atoms with van der Waals surface area (Å²) in [5.74, 6) is -0.357. The molecule has 3 rings (SSSR count). The number of hydrogen-bond donors (Lipinski definition) is 2. The third-order valence-corrected chi connectivity index (χ3v) is 4.78. The summed E-state index contributed by atoms with van der Waals surface area (Å²) in [4.78, 5) is 26.8. The number of anilines is 2. The van der Waals surface area contributed by atoms with Gasteiger partial charge in [0.1, 0.15) is 0 Å². The molecule has 0 aromatic heterocycles. The lowest BCUT2D eigenvalue weighted by molar-refractivity contribution is -0.880. The van der Waals surface area contributed by atoms with Crippen LogP contribution in [0.4, 0.5) is 17.1 Å². The number of nitro benzene ring substituents is 1. The molecule has 1 fully saturated rings. The van der Waals surface area contributed by atoms with Crippen molar-refractivity contribution in [1.29, 1.82) is 0 Å². The first kappa shape index (κ1) is 17.9. The lowest BCUT2D eigenvalue weighted by Gasteiger charge is -2.31. The highest BCUT2D eigenvalue weighted by Crippen LogP contribution is 2.21. The molecule has 26 heavy (non-hydrogen) atoms. The molecule has 0 bridgehead atoms. The Morgan fingerprint density at radius 3 is 2.42 bits per heavy atom. The fraction of sp³-hybridized carbons (Fsp3) is 0.316. The molecule has 2 aromatic rings. The van der Waals surface area contributed by atoms with Crippen LogP contribution in [0.1, 0.15) is 15.9 Å². The summed E-state index contributed by atoms with van der Waals surface area (Å²) in [5.41, 5.74) is 2.56. The molecule has 1 aliphatic rings. The molecule has 0 aliphatic carbocycles. The van der Waals surface area contributed by atoms with Crippen molar-refractivity contribution in [3.8, 4) is 0 Å². The van der Waals surface area contributed by atoms with Gasteiger partial charge in [-0.3, -0.25) is 14.9 Å². The molecule has 1 heterocycles. The maximum absolute atomic E-state index is 12.4. The number of amides is 1. The van der Waals surface area contributed by atoms with E-state index in [4.69, 9.17) is 0 Å². The molecule has 0 saturated carbocycles. The standard InChI is InChI=1S/C19H22N4O3/c1-14-3-4-15(13-18(14)23(25)26)19(24)20-16-5-7-17(8-6-16)22-11-9-21(2)10-12-22/h3-8,13H,9-12H2,1-2H3,(H,20,24)/p+1. The maximum Gasteiger partial charge on any atom is 0.273 e. The maximum atomic E-state index is 12.4. The minimum absolute atomic E-state index is 0.0507. The third-order valence-electron chi connectivity index (χ3n) is 4.78. The number of benzene rings is 2. The second kappa shape index (κ2) is 7.53. The number of likely N-dealkylation sites (N-methyl/N-ethyl adjacent to an activating group) is 1. The number of nitrogens with zero attached hydrogens (tertiary/aromatic N) is 2. The summed E-state index contributed by atoms with van der Waals surface area (Å²) in [6, 6.07) is 12.2. The first-order valence-electron chi connectivity index (χ1n) is 8.67. The van der Waals surface area contributed by atoms with E-state index in [9.17, 15) is 14.9 Å². The first-order chi connectivity index (χ1) is 12.4. The number of piperazine rings is 1. The van der Waals surface area contributed by atoms with Crippen LogP contribution in [-0.2, 0) is 0 Å². The molecule has 7 nitrogen and oxygen atoms in total. The number of carbonyl (C=O) groups is 1. The third kappa shape index (κ3) is 4.00. The van der Waals surface area contributed by atoms with Crippen LogP contribution >= 0.6 is 0 Å². The minimum Gasteiger partial charge on any atom is -0.360 e. The normalized spacial score (nSPS) is 14.9. The Labute approximate surface area is 152 Å².